The maximum atomic E-state index is 11.9. The summed E-state index contributed by atoms with van der Waals surface area (Å²) in [6, 6.07) is 29.1. The summed E-state index contributed by atoms with van der Waals surface area (Å²) >= 11 is 0. The molecule has 0 bridgehead atoms. The van der Waals surface area contributed by atoms with E-state index >= 15 is 0 Å². The number of aromatic nitrogens is 8. The summed E-state index contributed by atoms with van der Waals surface area (Å²) in [5.41, 5.74) is 8.24. The first-order valence-electron chi connectivity index (χ1n) is 29.1. The van der Waals surface area contributed by atoms with Crippen LogP contribution >= 0.6 is 0 Å². The van der Waals surface area contributed by atoms with Crippen molar-refractivity contribution in [1.29, 1.82) is 0 Å². The van der Waals surface area contributed by atoms with Crippen LogP contribution in [0.4, 0.5) is 11.6 Å². The molecule has 17 nitrogen and oxygen atoms in total. The summed E-state index contributed by atoms with van der Waals surface area (Å²) in [5.74, 6) is 1.62. The molecule has 6 aromatic heterocycles. The lowest BCUT2D eigenvalue weighted by molar-refractivity contribution is 0.0775. The van der Waals surface area contributed by atoms with Gasteiger partial charge in [0.25, 0.3) is 0 Å². The monoisotopic (exact) mass is 1220 g/mol. The van der Waals surface area contributed by atoms with Crippen LogP contribution in [0.25, 0.3) is 55.4 Å². The zero-order valence-corrected chi connectivity index (χ0v) is 54.8. The fraction of sp³-hybridized carbons (Fsp3) is 0.508. The number of hydrogen-bond acceptors (Lipinski definition) is 15. The molecule has 8 aromatic rings. The van der Waals surface area contributed by atoms with Gasteiger partial charge in [-0.25, -0.2) is 9.97 Å². The SMILES string of the molecule is C.C.C[Si](C)(C)CCOCN(COCC[Si](C)(C)C)c1cc(C=O)nc2c(-c3cnc4ccccc4c3)cnn12.C[Si](C)(C)CCOCN(COCC[Si](C)(C)C)c1cc(CNC2CCOCC2)nc2c(-c3cnc4ccccc4c3)cnn12. The first-order valence-corrected chi connectivity index (χ1v) is 44.0. The van der Waals surface area contributed by atoms with Crippen LogP contribution in [0, 0.1) is 0 Å². The van der Waals surface area contributed by atoms with Gasteiger partial charge < -0.3 is 38.8 Å². The summed E-state index contributed by atoms with van der Waals surface area (Å²) in [6.45, 7) is 34.9. The molecule has 7 heterocycles. The molecule has 2 aromatic carbocycles. The van der Waals surface area contributed by atoms with E-state index in [1.807, 2.05) is 70.5 Å². The lowest BCUT2D eigenvalue weighted by atomic mass is 10.1. The summed E-state index contributed by atoms with van der Waals surface area (Å²) in [4.78, 5) is 35.2. The Labute approximate surface area is 504 Å². The average Bonchev–Trinajstić information content (AvgIpc) is 2.07. The quantitative estimate of drug-likeness (QED) is 0.0213. The lowest BCUT2D eigenvalue weighted by Gasteiger charge is -2.27. The third kappa shape index (κ3) is 20.0. The van der Waals surface area contributed by atoms with Crippen molar-refractivity contribution in [1.82, 2.24) is 44.5 Å². The number of rotatable bonds is 28. The molecule has 0 amide bonds. The van der Waals surface area contributed by atoms with Gasteiger partial charge in [-0.1, -0.05) is 130 Å². The van der Waals surface area contributed by atoms with Crippen molar-refractivity contribution in [2.75, 3.05) is 76.4 Å². The van der Waals surface area contributed by atoms with Crippen LogP contribution in [0.3, 0.4) is 0 Å². The van der Waals surface area contributed by atoms with Crippen LogP contribution in [0.15, 0.2) is 97.6 Å². The molecule has 84 heavy (non-hydrogen) atoms. The van der Waals surface area contributed by atoms with Crippen molar-refractivity contribution in [3.8, 4) is 22.3 Å². The number of nitrogens with zero attached hydrogens (tertiary/aromatic N) is 10. The largest absolute Gasteiger partial charge is 0.381 e. The van der Waals surface area contributed by atoms with E-state index in [2.05, 4.69) is 128 Å². The number of carbonyl (C=O) groups excluding carboxylic acids is 1. The Morgan fingerprint density at radius 2 is 0.964 bits per heavy atom. The molecule has 1 fully saturated rings. The maximum absolute atomic E-state index is 11.9. The molecule has 1 aliphatic rings. The Bertz CT molecular complexity index is 3300. The third-order valence-electron chi connectivity index (χ3n) is 14.3. The number of hydrogen-bond donors (Lipinski definition) is 1. The number of para-hydroxylation sites is 2. The Morgan fingerprint density at radius 1 is 0.560 bits per heavy atom. The van der Waals surface area contributed by atoms with Gasteiger partial charge in [-0.2, -0.15) is 19.2 Å². The van der Waals surface area contributed by atoms with Crippen LogP contribution < -0.4 is 15.1 Å². The van der Waals surface area contributed by atoms with Gasteiger partial charge >= 0.3 is 0 Å². The number of nitrogens with one attached hydrogen (secondary N) is 1. The Kier molecular flexibility index (Phi) is 24.6. The first kappa shape index (κ1) is 67.5. The van der Waals surface area contributed by atoms with Crippen molar-refractivity contribution >= 4 is 83.3 Å². The number of carbonyl (C=O) groups is 1. The zero-order valence-electron chi connectivity index (χ0n) is 50.8. The minimum Gasteiger partial charge on any atom is -0.381 e. The number of ether oxygens (including phenoxy) is 5. The Hall–Kier alpha value is -5.60. The van der Waals surface area contributed by atoms with Crippen molar-refractivity contribution in [2.45, 2.75) is 143 Å². The molecule has 9 rings (SSSR count). The van der Waals surface area contributed by atoms with Gasteiger partial charge in [-0.05, 0) is 61.3 Å². The normalized spacial score (nSPS) is 13.4. The number of aldehydes is 1. The van der Waals surface area contributed by atoms with E-state index in [-0.39, 0.29) is 14.9 Å². The van der Waals surface area contributed by atoms with Crippen molar-refractivity contribution in [3.05, 3.63) is 109 Å². The second-order valence-electron chi connectivity index (χ2n) is 26.4. The summed E-state index contributed by atoms with van der Waals surface area (Å²) in [5, 5.41) is 15.4. The predicted molar refractivity (Wildman–Crippen MR) is 358 cm³/mol. The highest BCUT2D eigenvalue weighted by atomic mass is 28.3. The molecule has 0 atom stereocenters. The second-order valence-corrected chi connectivity index (χ2v) is 48.9. The van der Waals surface area contributed by atoms with Crippen molar-refractivity contribution in [3.63, 3.8) is 0 Å². The topological polar surface area (TPSA) is 168 Å². The summed E-state index contributed by atoms with van der Waals surface area (Å²) in [7, 11) is -4.88. The molecule has 21 heteroatoms. The molecular formula is C63H97N11O6Si4. The number of benzene rings is 2. The summed E-state index contributed by atoms with van der Waals surface area (Å²) in [6.07, 6.45) is 10.2. The Balaban J connectivity index is 0.000000266. The highest BCUT2D eigenvalue weighted by molar-refractivity contribution is 6.77. The molecule has 456 valence electrons. The number of fused-ring (bicyclic) bond motifs is 4. The van der Waals surface area contributed by atoms with Gasteiger partial charge in [0.2, 0.25) is 0 Å². The Morgan fingerprint density at radius 3 is 1.38 bits per heavy atom. The smallest absolute Gasteiger partial charge is 0.168 e. The number of anilines is 2. The van der Waals surface area contributed by atoms with E-state index in [4.69, 9.17) is 38.8 Å². The fourth-order valence-electron chi connectivity index (χ4n) is 9.11. The zero-order chi connectivity index (χ0) is 58.5. The highest BCUT2D eigenvalue weighted by Crippen LogP contribution is 2.31. The van der Waals surface area contributed by atoms with Gasteiger partial charge in [0.15, 0.2) is 17.6 Å². The molecule has 1 saturated heterocycles. The molecule has 0 saturated carbocycles. The van der Waals surface area contributed by atoms with E-state index in [9.17, 15) is 4.79 Å². The minimum absolute atomic E-state index is 0. The van der Waals surface area contributed by atoms with Gasteiger partial charge in [0.05, 0.1) is 29.1 Å². The average molecular weight is 1220 g/mol. The highest BCUT2D eigenvalue weighted by Gasteiger charge is 2.24. The summed E-state index contributed by atoms with van der Waals surface area (Å²) < 4.78 is 34.1. The van der Waals surface area contributed by atoms with Gasteiger partial charge in [0.1, 0.15) is 44.3 Å². The fourth-order valence-corrected chi connectivity index (χ4v) is 12.1. The van der Waals surface area contributed by atoms with Crippen LogP contribution in [0.5, 0.6) is 0 Å². The molecule has 1 aliphatic heterocycles. The standard InChI is InChI=1S/C33H50N6O3Si2.C28H39N5O3Si2.2CH4/c1-43(2,3)17-15-41-24-38(25-42-16-18-44(4,5)6)32-20-29(22-34-28-11-13-40-14-12-28)37-33-30(23-36-39(32)33)27-19-26-9-7-8-10-31(26)35-21-27;1-37(2,3)13-11-35-20-32(21-36-12-14-38(4,5)6)27-16-24(19-34)31-28-25(18-30-33(27)28)23-15-22-9-7-8-10-26(22)29-17-23;;/h7-10,19-21,23,28,34H,11-18,22,24-25H2,1-6H3;7-10,15-19H,11-14,20-21H2,1-6H3;2*1H4. The van der Waals surface area contributed by atoms with E-state index < -0.39 is 32.3 Å². The van der Waals surface area contributed by atoms with E-state index in [0.717, 1.165) is 131 Å². The van der Waals surface area contributed by atoms with Gasteiger partial charge in [-0.15, -0.1) is 0 Å². The van der Waals surface area contributed by atoms with Gasteiger partial charge in [0, 0.05) is 142 Å². The van der Waals surface area contributed by atoms with E-state index in [0.29, 0.717) is 69.9 Å². The molecule has 1 N–H and O–H groups in total. The molecule has 0 unspecified atom stereocenters. The van der Waals surface area contributed by atoms with Crippen LogP contribution in [-0.4, -0.2) is 150 Å². The number of pyridine rings is 2. The first-order chi connectivity index (χ1) is 39.1. The molecule has 0 radical (unpaired) electrons. The van der Waals surface area contributed by atoms with Gasteiger partial charge in [-0.3, -0.25) is 14.8 Å². The van der Waals surface area contributed by atoms with Crippen molar-refractivity contribution < 1.29 is 28.5 Å². The third-order valence-corrected chi connectivity index (χ3v) is 21.1. The molecular weight excluding hydrogens is 1120 g/mol. The van der Waals surface area contributed by atoms with Crippen LogP contribution in [0.2, 0.25) is 103 Å². The van der Waals surface area contributed by atoms with Crippen molar-refractivity contribution in [2.24, 2.45) is 0 Å². The van der Waals surface area contributed by atoms with E-state index in [1.54, 1.807) is 16.8 Å². The minimum atomic E-state index is -1.22. The lowest BCUT2D eigenvalue weighted by Crippen LogP contribution is -2.35. The second kappa shape index (κ2) is 30.7. The molecule has 0 spiro atoms. The van der Waals surface area contributed by atoms with Crippen LogP contribution in [-0.2, 0) is 30.2 Å². The maximum Gasteiger partial charge on any atom is 0.168 e. The van der Waals surface area contributed by atoms with E-state index in [1.165, 1.54) is 0 Å². The predicted octanol–water partition coefficient (Wildman–Crippen LogP) is 14.1. The van der Waals surface area contributed by atoms with Crippen LogP contribution in [0.1, 0.15) is 43.9 Å². The molecule has 0 aliphatic carbocycles.